The Kier molecular flexibility index (Phi) is 6.76. The minimum absolute atomic E-state index is 0.00598. The maximum absolute atomic E-state index is 14.3. The number of fused-ring (bicyclic) bond motifs is 3. The van der Waals surface area contributed by atoms with Crippen LogP contribution in [-0.4, -0.2) is 63.5 Å². The van der Waals surface area contributed by atoms with Crippen molar-refractivity contribution >= 4 is 34.3 Å². The number of halogens is 2. The molecular weight excluding hydrogens is 558 g/mol. The third-order valence-electron chi connectivity index (χ3n) is 8.40. The smallest absolute Gasteiger partial charge is 0.302 e. The Hall–Kier alpha value is -5.05. The standard InChI is InChI=1S/C31H28F2N6O4/c1-16(2)7-26(38(4)28(40)25-11-20-22(33)9-19(32)10-24(20)36-25)29(41)39-15-31(12-27(39)34-3)21-8-17(18-13-35-43-14-18)5-6-23(21)37-30(31)42/h5-6,8-11,13-14,16,26-27,36H,7,12,15H2,1-2,4H3,(H,37,42)/t26-,27-,31-/m0/s1. The lowest BCUT2D eigenvalue weighted by Crippen LogP contribution is -2.51. The van der Waals surface area contributed by atoms with Crippen molar-refractivity contribution in [3.8, 4) is 11.1 Å². The first kappa shape index (κ1) is 28.1. The molecule has 0 saturated carbocycles. The van der Waals surface area contributed by atoms with Crippen LogP contribution in [0.2, 0.25) is 0 Å². The van der Waals surface area contributed by atoms with Gasteiger partial charge in [-0.25, -0.2) is 15.4 Å². The SMILES string of the molecule is [C-]#[N+][C@@H]1C[C@@]2(CN1C(=O)[C@H](CC(C)C)N(C)C(=O)c1cc3c(F)cc(F)cc3[nH]1)C(=O)Nc1ccc(-c3cnoc3)cc12. The first-order valence-electron chi connectivity index (χ1n) is 13.8. The summed E-state index contributed by atoms with van der Waals surface area (Å²) in [5.74, 6) is -2.97. The fourth-order valence-corrected chi connectivity index (χ4v) is 6.19. The summed E-state index contributed by atoms with van der Waals surface area (Å²) in [6, 6.07) is 7.61. The Bertz CT molecular complexity index is 1810. The van der Waals surface area contributed by atoms with Crippen LogP contribution in [0.25, 0.3) is 26.9 Å². The molecule has 1 spiro atoms. The van der Waals surface area contributed by atoms with E-state index < -0.39 is 41.1 Å². The third kappa shape index (κ3) is 4.61. The Morgan fingerprint density at radius 1 is 1.23 bits per heavy atom. The van der Waals surface area contributed by atoms with Crippen molar-refractivity contribution in [2.24, 2.45) is 5.92 Å². The van der Waals surface area contributed by atoms with E-state index in [0.717, 1.165) is 23.3 Å². The number of likely N-dealkylation sites (tertiary alicyclic amines) is 1. The number of aromatic amines is 1. The molecule has 0 aliphatic carbocycles. The molecule has 4 aromatic rings. The molecule has 2 aliphatic rings. The zero-order chi connectivity index (χ0) is 30.6. The molecule has 3 amide bonds. The number of nitrogens with one attached hydrogen (secondary N) is 2. The zero-order valence-corrected chi connectivity index (χ0v) is 23.6. The molecule has 2 aromatic carbocycles. The Morgan fingerprint density at radius 3 is 2.72 bits per heavy atom. The minimum Gasteiger partial charge on any atom is -0.364 e. The summed E-state index contributed by atoms with van der Waals surface area (Å²) in [6.07, 6.45) is 2.48. The number of amides is 3. The summed E-state index contributed by atoms with van der Waals surface area (Å²) in [4.78, 5) is 50.4. The van der Waals surface area contributed by atoms with Gasteiger partial charge in [-0.05, 0) is 47.7 Å². The summed E-state index contributed by atoms with van der Waals surface area (Å²) in [6.45, 7) is 11.7. The second kappa shape index (κ2) is 10.3. The number of carbonyl (C=O) groups is 3. The van der Waals surface area contributed by atoms with E-state index in [0.29, 0.717) is 11.3 Å². The van der Waals surface area contributed by atoms with Crippen molar-refractivity contribution in [1.82, 2.24) is 19.9 Å². The highest BCUT2D eigenvalue weighted by Gasteiger charge is 2.59. The monoisotopic (exact) mass is 586 g/mol. The summed E-state index contributed by atoms with van der Waals surface area (Å²) >= 11 is 0. The Balaban J connectivity index is 1.33. The summed E-state index contributed by atoms with van der Waals surface area (Å²) in [7, 11) is 1.47. The number of likely N-dealkylation sites (N-methyl/N-ethyl adjacent to an activating group) is 1. The first-order chi connectivity index (χ1) is 20.5. The van der Waals surface area contributed by atoms with Crippen molar-refractivity contribution in [3.05, 3.63) is 83.2 Å². The van der Waals surface area contributed by atoms with Crippen LogP contribution in [-0.2, 0) is 15.0 Å². The van der Waals surface area contributed by atoms with Crippen LogP contribution in [0.5, 0.6) is 0 Å². The van der Waals surface area contributed by atoms with Gasteiger partial charge in [0, 0.05) is 36.3 Å². The number of carbonyl (C=O) groups excluding carboxylic acids is 3. The van der Waals surface area contributed by atoms with Gasteiger partial charge in [-0.1, -0.05) is 25.1 Å². The first-order valence-corrected chi connectivity index (χ1v) is 13.8. The van der Waals surface area contributed by atoms with E-state index in [2.05, 4.69) is 20.3 Å². The lowest BCUT2D eigenvalue weighted by atomic mass is 9.79. The molecular formula is C31H28F2N6O4. The predicted octanol–water partition coefficient (Wildman–Crippen LogP) is 4.96. The predicted molar refractivity (Wildman–Crippen MR) is 153 cm³/mol. The summed E-state index contributed by atoms with van der Waals surface area (Å²) in [5.41, 5.74) is 1.74. The van der Waals surface area contributed by atoms with E-state index in [1.54, 1.807) is 12.3 Å². The number of anilines is 1. The van der Waals surface area contributed by atoms with E-state index in [1.807, 2.05) is 26.0 Å². The molecule has 2 N–H and O–H groups in total. The number of hydrogen-bond acceptors (Lipinski definition) is 5. The molecule has 2 aromatic heterocycles. The zero-order valence-electron chi connectivity index (χ0n) is 23.6. The van der Waals surface area contributed by atoms with Gasteiger partial charge in [-0.3, -0.25) is 24.1 Å². The number of rotatable bonds is 6. The highest BCUT2D eigenvalue weighted by atomic mass is 19.1. The van der Waals surface area contributed by atoms with E-state index in [4.69, 9.17) is 11.1 Å². The van der Waals surface area contributed by atoms with Crippen LogP contribution in [0, 0.1) is 24.1 Å². The van der Waals surface area contributed by atoms with Crippen LogP contribution in [0.4, 0.5) is 14.5 Å². The highest BCUT2D eigenvalue weighted by Crippen LogP contribution is 2.48. The average molecular weight is 587 g/mol. The van der Waals surface area contributed by atoms with Crippen LogP contribution in [0.1, 0.15) is 42.7 Å². The molecule has 1 saturated heterocycles. The molecule has 12 heteroatoms. The molecule has 43 heavy (non-hydrogen) atoms. The van der Waals surface area contributed by atoms with E-state index in [9.17, 15) is 23.2 Å². The van der Waals surface area contributed by atoms with Crippen molar-refractivity contribution in [1.29, 1.82) is 0 Å². The largest absolute Gasteiger partial charge is 0.364 e. The molecule has 4 heterocycles. The van der Waals surface area contributed by atoms with Gasteiger partial charge in [0.05, 0.1) is 18.1 Å². The number of benzene rings is 2. The van der Waals surface area contributed by atoms with Gasteiger partial charge in [0.25, 0.3) is 11.8 Å². The maximum Gasteiger partial charge on any atom is 0.302 e. The second-order valence-corrected chi connectivity index (χ2v) is 11.6. The van der Waals surface area contributed by atoms with E-state index >= 15 is 0 Å². The molecule has 0 unspecified atom stereocenters. The van der Waals surface area contributed by atoms with Crippen LogP contribution < -0.4 is 5.32 Å². The van der Waals surface area contributed by atoms with Crippen molar-refractivity contribution in [2.75, 3.05) is 18.9 Å². The van der Waals surface area contributed by atoms with Crippen molar-refractivity contribution in [3.63, 3.8) is 0 Å². The van der Waals surface area contributed by atoms with E-state index in [1.165, 1.54) is 29.2 Å². The average Bonchev–Trinajstić information content (AvgIpc) is 3.77. The lowest BCUT2D eigenvalue weighted by Gasteiger charge is -2.32. The lowest BCUT2D eigenvalue weighted by molar-refractivity contribution is -0.136. The van der Waals surface area contributed by atoms with Gasteiger partial charge in [0.1, 0.15) is 35.0 Å². The Morgan fingerprint density at radius 2 is 2.02 bits per heavy atom. The molecule has 10 nitrogen and oxygen atoms in total. The van der Waals surface area contributed by atoms with Crippen LogP contribution in [0.3, 0.4) is 0 Å². The van der Waals surface area contributed by atoms with Gasteiger partial charge in [-0.2, -0.15) is 0 Å². The van der Waals surface area contributed by atoms with Gasteiger partial charge < -0.3 is 19.7 Å². The quantitative estimate of drug-likeness (QED) is 0.310. The molecule has 220 valence electrons. The molecule has 6 rings (SSSR count). The number of hydrogen-bond donors (Lipinski definition) is 2. The summed E-state index contributed by atoms with van der Waals surface area (Å²) < 4.78 is 33.1. The number of aromatic nitrogens is 2. The van der Waals surface area contributed by atoms with Gasteiger partial charge in [0.2, 0.25) is 5.91 Å². The normalized spacial score (nSPS) is 20.0. The molecule has 0 bridgehead atoms. The van der Waals surface area contributed by atoms with Gasteiger partial charge >= 0.3 is 6.17 Å². The van der Waals surface area contributed by atoms with Crippen LogP contribution in [0.15, 0.2) is 53.4 Å². The fraction of sp³-hybridized carbons (Fsp3) is 0.323. The highest BCUT2D eigenvalue weighted by molar-refractivity contribution is 6.08. The Labute approximate surface area is 245 Å². The van der Waals surface area contributed by atoms with E-state index in [-0.39, 0.29) is 47.8 Å². The molecule has 2 aliphatic heterocycles. The summed E-state index contributed by atoms with van der Waals surface area (Å²) in [5, 5.41) is 6.71. The van der Waals surface area contributed by atoms with Crippen molar-refractivity contribution < 1.29 is 27.7 Å². The van der Waals surface area contributed by atoms with Crippen molar-refractivity contribution in [2.45, 2.75) is 44.3 Å². The fourth-order valence-electron chi connectivity index (χ4n) is 6.19. The topological polar surface area (TPSA) is 116 Å². The molecule has 1 fully saturated rings. The number of H-pyrrole nitrogens is 1. The van der Waals surface area contributed by atoms with Gasteiger partial charge in [0.15, 0.2) is 0 Å². The minimum atomic E-state index is -1.16. The molecule has 3 atom stereocenters. The number of nitrogens with zero attached hydrogens (tertiary/aromatic N) is 4. The molecule has 0 radical (unpaired) electrons. The van der Waals surface area contributed by atoms with Crippen LogP contribution >= 0.6 is 0 Å². The second-order valence-electron chi connectivity index (χ2n) is 11.6. The maximum atomic E-state index is 14.3. The third-order valence-corrected chi connectivity index (χ3v) is 8.40. The van der Waals surface area contributed by atoms with Gasteiger partial charge in [-0.15, -0.1) is 0 Å².